The van der Waals surface area contributed by atoms with Crippen LogP contribution in [-0.4, -0.2) is 11.2 Å². The zero-order valence-electron chi connectivity index (χ0n) is 11.5. The first-order chi connectivity index (χ1) is 9.70. The summed E-state index contributed by atoms with van der Waals surface area (Å²) < 4.78 is 0. The fraction of sp³-hybridized carbons (Fsp3) is 0.235. The second-order valence-electron chi connectivity index (χ2n) is 4.79. The first-order valence-electron chi connectivity index (χ1n) is 6.65. The predicted molar refractivity (Wildman–Crippen MR) is 86.0 cm³/mol. The van der Waals surface area contributed by atoms with E-state index in [9.17, 15) is 4.79 Å². The summed E-state index contributed by atoms with van der Waals surface area (Å²) in [6.45, 7) is 2.03. The van der Waals surface area contributed by atoms with Gasteiger partial charge in [0.2, 0.25) is 5.91 Å². The first kappa shape index (κ1) is 14.8. The molecule has 0 radical (unpaired) electrons. The molecule has 2 aromatic carbocycles. The van der Waals surface area contributed by atoms with Crippen LogP contribution in [0, 0.1) is 6.92 Å². The van der Waals surface area contributed by atoms with Gasteiger partial charge in [0.25, 0.3) is 0 Å². The number of nitrogens with one attached hydrogen (secondary N) is 1. The normalized spacial score (nSPS) is 11.9. The van der Waals surface area contributed by atoms with Gasteiger partial charge in [0.1, 0.15) is 0 Å². The van der Waals surface area contributed by atoms with Gasteiger partial charge in [-0.2, -0.15) is 0 Å². The van der Waals surface area contributed by atoms with Gasteiger partial charge in [-0.05, 0) is 23.6 Å². The Balaban J connectivity index is 2.02. The molecule has 0 spiro atoms. The van der Waals surface area contributed by atoms with E-state index in [1.807, 2.05) is 61.5 Å². The summed E-state index contributed by atoms with van der Waals surface area (Å²) in [7, 11) is 0. The summed E-state index contributed by atoms with van der Waals surface area (Å²) in [6, 6.07) is 18.0. The maximum Gasteiger partial charge on any atom is 0.224 e. The Morgan fingerprint density at radius 2 is 1.75 bits per heavy atom. The molecule has 0 heterocycles. The molecule has 0 aliphatic rings. The van der Waals surface area contributed by atoms with E-state index in [0.29, 0.717) is 11.8 Å². The highest BCUT2D eigenvalue weighted by Gasteiger charge is 2.13. The highest BCUT2D eigenvalue weighted by molar-refractivity contribution is 9.09. The van der Waals surface area contributed by atoms with Gasteiger partial charge in [0.05, 0.1) is 12.5 Å². The van der Waals surface area contributed by atoms with Crippen LogP contribution in [0.3, 0.4) is 0 Å². The molecule has 2 nitrogen and oxygen atoms in total. The predicted octanol–water partition coefficient (Wildman–Crippen LogP) is 3.79. The van der Waals surface area contributed by atoms with E-state index in [0.717, 1.165) is 16.7 Å². The molecule has 0 saturated heterocycles. The fourth-order valence-electron chi connectivity index (χ4n) is 2.12. The maximum atomic E-state index is 12.2. The molecule has 3 heteroatoms. The molecule has 0 bridgehead atoms. The van der Waals surface area contributed by atoms with Gasteiger partial charge < -0.3 is 5.32 Å². The zero-order chi connectivity index (χ0) is 14.4. The van der Waals surface area contributed by atoms with Crippen molar-refractivity contribution >= 4 is 21.8 Å². The SMILES string of the molecule is Cc1ccccc1CC(=O)NC(CBr)c1ccccc1. The van der Waals surface area contributed by atoms with Gasteiger partial charge in [-0.15, -0.1) is 0 Å². The van der Waals surface area contributed by atoms with Crippen LogP contribution >= 0.6 is 15.9 Å². The van der Waals surface area contributed by atoms with Crippen LogP contribution in [0.15, 0.2) is 54.6 Å². The summed E-state index contributed by atoms with van der Waals surface area (Å²) in [4.78, 5) is 12.2. The Hall–Kier alpha value is -1.61. The van der Waals surface area contributed by atoms with E-state index in [2.05, 4.69) is 21.2 Å². The lowest BCUT2D eigenvalue weighted by Gasteiger charge is -2.17. The quantitative estimate of drug-likeness (QED) is 0.830. The lowest BCUT2D eigenvalue weighted by molar-refractivity contribution is -0.121. The Bertz CT molecular complexity index is 568. The van der Waals surface area contributed by atoms with Crippen molar-refractivity contribution in [3.05, 3.63) is 71.3 Å². The molecule has 0 fully saturated rings. The molecule has 0 aromatic heterocycles. The van der Waals surface area contributed by atoms with Crippen molar-refractivity contribution in [1.82, 2.24) is 5.32 Å². The number of carbonyl (C=O) groups excluding carboxylic acids is 1. The number of halogens is 1. The van der Waals surface area contributed by atoms with Gasteiger partial charge in [0, 0.05) is 5.33 Å². The topological polar surface area (TPSA) is 29.1 Å². The molecule has 0 aliphatic carbocycles. The van der Waals surface area contributed by atoms with Crippen molar-refractivity contribution in [2.24, 2.45) is 0 Å². The van der Waals surface area contributed by atoms with Crippen molar-refractivity contribution in [3.63, 3.8) is 0 Å². The Morgan fingerprint density at radius 1 is 1.10 bits per heavy atom. The third-order valence-electron chi connectivity index (χ3n) is 3.30. The van der Waals surface area contributed by atoms with Crippen LogP contribution in [0.25, 0.3) is 0 Å². The summed E-state index contributed by atoms with van der Waals surface area (Å²) >= 11 is 3.47. The van der Waals surface area contributed by atoms with Crippen molar-refractivity contribution in [2.45, 2.75) is 19.4 Å². The number of carbonyl (C=O) groups is 1. The van der Waals surface area contributed by atoms with Gasteiger partial charge in [0.15, 0.2) is 0 Å². The van der Waals surface area contributed by atoms with Gasteiger partial charge in [-0.3, -0.25) is 4.79 Å². The minimum Gasteiger partial charge on any atom is -0.348 e. The molecule has 1 atom stereocenters. The minimum atomic E-state index is 0.00715. The second kappa shape index (κ2) is 7.25. The van der Waals surface area contributed by atoms with Crippen molar-refractivity contribution in [2.75, 3.05) is 5.33 Å². The number of rotatable bonds is 5. The standard InChI is InChI=1S/C17H18BrNO/c1-13-7-5-6-10-15(13)11-17(20)19-16(12-18)14-8-3-2-4-9-14/h2-10,16H,11-12H2,1H3,(H,19,20). The van der Waals surface area contributed by atoms with E-state index >= 15 is 0 Å². The third-order valence-corrected chi connectivity index (χ3v) is 3.95. The third kappa shape index (κ3) is 3.94. The lowest BCUT2D eigenvalue weighted by atomic mass is 10.0. The summed E-state index contributed by atoms with van der Waals surface area (Å²) in [5.74, 6) is 0.0487. The smallest absolute Gasteiger partial charge is 0.224 e. The van der Waals surface area contributed by atoms with Crippen LogP contribution in [0.5, 0.6) is 0 Å². The van der Waals surface area contributed by atoms with Crippen LogP contribution in [0.2, 0.25) is 0 Å². The Kier molecular flexibility index (Phi) is 5.36. The maximum absolute atomic E-state index is 12.2. The lowest BCUT2D eigenvalue weighted by Crippen LogP contribution is -2.30. The Morgan fingerprint density at radius 3 is 2.40 bits per heavy atom. The number of benzene rings is 2. The molecule has 1 amide bonds. The van der Waals surface area contributed by atoms with Crippen molar-refractivity contribution < 1.29 is 4.79 Å². The minimum absolute atomic E-state index is 0.00715. The van der Waals surface area contributed by atoms with E-state index in [1.165, 1.54) is 0 Å². The van der Waals surface area contributed by atoms with E-state index < -0.39 is 0 Å². The molecule has 2 rings (SSSR count). The molecule has 0 saturated carbocycles. The molecule has 104 valence electrons. The first-order valence-corrected chi connectivity index (χ1v) is 7.77. The second-order valence-corrected chi connectivity index (χ2v) is 5.44. The average Bonchev–Trinajstić information content (AvgIpc) is 2.48. The van der Waals surface area contributed by atoms with E-state index in [1.54, 1.807) is 0 Å². The van der Waals surface area contributed by atoms with Crippen LogP contribution in [-0.2, 0) is 11.2 Å². The molecular weight excluding hydrogens is 314 g/mol. The highest BCUT2D eigenvalue weighted by Crippen LogP contribution is 2.15. The van der Waals surface area contributed by atoms with Crippen LogP contribution in [0.1, 0.15) is 22.7 Å². The summed E-state index contributed by atoms with van der Waals surface area (Å²) in [5.41, 5.74) is 3.34. The van der Waals surface area contributed by atoms with Crippen LogP contribution in [0.4, 0.5) is 0 Å². The summed E-state index contributed by atoms with van der Waals surface area (Å²) in [6.07, 6.45) is 0.420. The molecule has 20 heavy (non-hydrogen) atoms. The van der Waals surface area contributed by atoms with Crippen LogP contribution < -0.4 is 5.32 Å². The zero-order valence-corrected chi connectivity index (χ0v) is 13.1. The number of hydrogen-bond acceptors (Lipinski definition) is 1. The number of amides is 1. The number of hydrogen-bond donors (Lipinski definition) is 1. The molecular formula is C17H18BrNO. The molecule has 1 N–H and O–H groups in total. The van der Waals surface area contributed by atoms with Gasteiger partial charge in [-0.1, -0.05) is 70.5 Å². The van der Waals surface area contributed by atoms with Crippen molar-refractivity contribution in [1.29, 1.82) is 0 Å². The molecule has 1 unspecified atom stereocenters. The number of aryl methyl sites for hydroxylation is 1. The van der Waals surface area contributed by atoms with Gasteiger partial charge >= 0.3 is 0 Å². The van der Waals surface area contributed by atoms with Crippen molar-refractivity contribution in [3.8, 4) is 0 Å². The number of alkyl halides is 1. The highest BCUT2D eigenvalue weighted by atomic mass is 79.9. The molecule has 0 aliphatic heterocycles. The average molecular weight is 332 g/mol. The summed E-state index contributed by atoms with van der Waals surface area (Å²) in [5, 5.41) is 3.78. The largest absolute Gasteiger partial charge is 0.348 e. The fourth-order valence-corrected chi connectivity index (χ4v) is 2.66. The van der Waals surface area contributed by atoms with Gasteiger partial charge in [-0.25, -0.2) is 0 Å². The Labute approximate surface area is 128 Å². The van der Waals surface area contributed by atoms with E-state index in [-0.39, 0.29) is 11.9 Å². The van der Waals surface area contributed by atoms with E-state index in [4.69, 9.17) is 0 Å². The molecule has 2 aromatic rings. The monoisotopic (exact) mass is 331 g/mol.